The van der Waals surface area contributed by atoms with E-state index in [1.54, 1.807) is 6.20 Å². The normalized spacial score (nSPS) is 13.7. The number of pyridine rings is 1. The molecule has 4 heterocycles. The van der Waals surface area contributed by atoms with Crippen molar-refractivity contribution in [3.63, 3.8) is 0 Å². The number of amides is 1. The molecule has 0 saturated heterocycles. The second kappa shape index (κ2) is 6.72. The molecular formula is C21H17ClN4OS. The highest BCUT2D eigenvalue weighted by Crippen LogP contribution is 2.32. The lowest BCUT2D eigenvalue weighted by molar-refractivity contribution is 0.0739. The third-order valence-corrected chi connectivity index (χ3v) is 6.50. The Morgan fingerprint density at radius 1 is 1.29 bits per heavy atom. The second-order valence-electron chi connectivity index (χ2n) is 6.90. The number of fused-ring (bicyclic) bond motifs is 3. The molecule has 0 atom stereocenters. The number of aryl methyl sites for hydroxylation is 1. The smallest absolute Gasteiger partial charge is 0.266 e. The number of hydrogen-bond acceptors (Lipinski definition) is 4. The van der Waals surface area contributed by atoms with E-state index in [1.807, 2.05) is 48.2 Å². The fraction of sp³-hybridized carbons (Fsp3) is 0.190. The van der Waals surface area contributed by atoms with E-state index in [9.17, 15) is 4.79 Å². The van der Waals surface area contributed by atoms with E-state index in [0.29, 0.717) is 23.0 Å². The Labute approximate surface area is 171 Å². The Morgan fingerprint density at radius 2 is 2.18 bits per heavy atom. The van der Waals surface area contributed by atoms with Crippen LogP contribution in [0, 0.1) is 6.92 Å². The maximum Gasteiger partial charge on any atom is 0.266 e. The van der Waals surface area contributed by atoms with E-state index < -0.39 is 0 Å². The van der Waals surface area contributed by atoms with Crippen LogP contribution < -0.4 is 0 Å². The van der Waals surface area contributed by atoms with Crippen LogP contribution in [0.15, 0.2) is 42.6 Å². The third-order valence-electron chi connectivity index (χ3n) is 5.10. The summed E-state index contributed by atoms with van der Waals surface area (Å²) in [6.45, 7) is 3.14. The van der Waals surface area contributed by atoms with Gasteiger partial charge in [0.25, 0.3) is 5.91 Å². The lowest BCUT2D eigenvalue weighted by Crippen LogP contribution is -2.35. The molecule has 1 aliphatic rings. The highest BCUT2D eigenvalue weighted by atomic mass is 35.5. The van der Waals surface area contributed by atoms with Crippen molar-refractivity contribution in [3.05, 3.63) is 69.4 Å². The van der Waals surface area contributed by atoms with E-state index in [4.69, 9.17) is 11.6 Å². The van der Waals surface area contributed by atoms with Gasteiger partial charge in [-0.3, -0.25) is 9.78 Å². The summed E-state index contributed by atoms with van der Waals surface area (Å²) in [6, 6.07) is 11.6. The van der Waals surface area contributed by atoms with Crippen molar-refractivity contribution >= 4 is 39.7 Å². The summed E-state index contributed by atoms with van der Waals surface area (Å²) in [4.78, 5) is 28.2. The average Bonchev–Trinajstić information content (AvgIpc) is 3.28. The van der Waals surface area contributed by atoms with Gasteiger partial charge in [-0.05, 0) is 37.3 Å². The molecule has 3 aromatic heterocycles. The molecule has 0 fully saturated rings. The van der Waals surface area contributed by atoms with Gasteiger partial charge in [-0.2, -0.15) is 0 Å². The topological polar surface area (TPSA) is 61.9 Å². The molecule has 0 bridgehead atoms. The Morgan fingerprint density at radius 3 is 3.00 bits per heavy atom. The number of thiazole rings is 1. The summed E-state index contributed by atoms with van der Waals surface area (Å²) in [6.07, 6.45) is 2.54. The van der Waals surface area contributed by atoms with Crippen LogP contribution in [0.5, 0.6) is 0 Å². The fourth-order valence-corrected chi connectivity index (χ4v) is 4.88. The number of aromatic nitrogens is 3. The molecule has 5 rings (SSSR count). The van der Waals surface area contributed by atoms with E-state index in [1.165, 1.54) is 17.0 Å². The molecule has 28 heavy (non-hydrogen) atoms. The standard InChI is InChI=1S/C21H17ClN4OS/c1-12-19(28-20(24-12)18-4-2-3-8-23-18)21(27)26-9-7-17-15(11-26)14-10-13(22)5-6-16(14)25-17/h2-6,8,10,25H,7,9,11H2,1H3. The summed E-state index contributed by atoms with van der Waals surface area (Å²) in [5.74, 6) is 0.0270. The average molecular weight is 409 g/mol. The Bertz CT molecular complexity index is 1200. The first-order valence-electron chi connectivity index (χ1n) is 9.07. The van der Waals surface area contributed by atoms with Gasteiger partial charge in [-0.25, -0.2) is 4.98 Å². The SMILES string of the molecule is Cc1nc(-c2ccccn2)sc1C(=O)N1CCc2[nH]c3ccc(Cl)cc3c2C1. The van der Waals surface area contributed by atoms with Gasteiger partial charge in [0.05, 0.1) is 11.4 Å². The summed E-state index contributed by atoms with van der Waals surface area (Å²) >= 11 is 7.60. The van der Waals surface area contributed by atoms with Crippen molar-refractivity contribution in [1.82, 2.24) is 19.9 Å². The number of nitrogens with zero attached hydrogens (tertiary/aromatic N) is 3. The molecule has 0 aliphatic carbocycles. The largest absolute Gasteiger partial charge is 0.358 e. The molecule has 1 aliphatic heterocycles. The quantitative estimate of drug-likeness (QED) is 0.516. The molecule has 1 aromatic carbocycles. The van der Waals surface area contributed by atoms with Crippen LogP contribution in [0.4, 0.5) is 0 Å². The minimum Gasteiger partial charge on any atom is -0.358 e. The monoisotopic (exact) mass is 408 g/mol. The molecule has 0 radical (unpaired) electrons. The van der Waals surface area contributed by atoms with E-state index >= 15 is 0 Å². The van der Waals surface area contributed by atoms with Gasteiger partial charge < -0.3 is 9.88 Å². The zero-order valence-electron chi connectivity index (χ0n) is 15.2. The zero-order chi connectivity index (χ0) is 19.3. The first-order chi connectivity index (χ1) is 13.6. The van der Waals surface area contributed by atoms with Gasteiger partial charge in [0, 0.05) is 52.9 Å². The van der Waals surface area contributed by atoms with Crippen molar-refractivity contribution in [2.75, 3.05) is 6.54 Å². The molecule has 1 N–H and O–H groups in total. The van der Waals surface area contributed by atoms with Crippen molar-refractivity contribution in [1.29, 1.82) is 0 Å². The maximum atomic E-state index is 13.2. The van der Waals surface area contributed by atoms with Gasteiger partial charge in [-0.15, -0.1) is 11.3 Å². The highest BCUT2D eigenvalue weighted by molar-refractivity contribution is 7.17. The fourth-order valence-electron chi connectivity index (χ4n) is 3.70. The van der Waals surface area contributed by atoms with Crippen molar-refractivity contribution in [2.24, 2.45) is 0 Å². The number of benzene rings is 1. The summed E-state index contributed by atoms with van der Waals surface area (Å²) in [5, 5.41) is 2.57. The van der Waals surface area contributed by atoms with Crippen LogP contribution >= 0.6 is 22.9 Å². The molecule has 0 spiro atoms. The molecule has 7 heteroatoms. The molecule has 0 saturated carbocycles. The number of rotatable bonds is 2. The van der Waals surface area contributed by atoms with Gasteiger partial charge in [0.1, 0.15) is 9.88 Å². The number of halogens is 1. The van der Waals surface area contributed by atoms with Crippen LogP contribution in [0.1, 0.15) is 26.6 Å². The van der Waals surface area contributed by atoms with Crippen LogP contribution in [0.3, 0.4) is 0 Å². The number of nitrogens with one attached hydrogen (secondary N) is 1. The first-order valence-corrected chi connectivity index (χ1v) is 10.3. The minimum absolute atomic E-state index is 0.0270. The molecule has 1 amide bonds. The van der Waals surface area contributed by atoms with Crippen LogP contribution in [-0.4, -0.2) is 32.3 Å². The predicted octanol–water partition coefficient (Wildman–Crippen LogP) is 4.85. The number of aromatic amines is 1. The Hall–Kier alpha value is -2.70. The zero-order valence-corrected chi connectivity index (χ0v) is 16.8. The Kier molecular flexibility index (Phi) is 4.18. The summed E-state index contributed by atoms with van der Waals surface area (Å²) in [5.41, 5.74) is 4.96. The van der Waals surface area contributed by atoms with Gasteiger partial charge in [0.2, 0.25) is 0 Å². The predicted molar refractivity (Wildman–Crippen MR) is 112 cm³/mol. The van der Waals surface area contributed by atoms with Gasteiger partial charge in [0.15, 0.2) is 0 Å². The highest BCUT2D eigenvalue weighted by Gasteiger charge is 2.27. The van der Waals surface area contributed by atoms with Crippen LogP contribution in [0.2, 0.25) is 5.02 Å². The summed E-state index contributed by atoms with van der Waals surface area (Å²) in [7, 11) is 0. The minimum atomic E-state index is 0.0270. The molecule has 140 valence electrons. The van der Waals surface area contributed by atoms with Gasteiger partial charge >= 0.3 is 0 Å². The molecule has 0 unspecified atom stereocenters. The van der Waals surface area contributed by atoms with Crippen molar-refractivity contribution < 1.29 is 4.79 Å². The number of hydrogen-bond donors (Lipinski definition) is 1. The van der Waals surface area contributed by atoms with Crippen LogP contribution in [-0.2, 0) is 13.0 Å². The lowest BCUT2D eigenvalue weighted by Gasteiger charge is -2.27. The van der Waals surface area contributed by atoms with E-state index in [2.05, 4.69) is 15.0 Å². The van der Waals surface area contributed by atoms with Crippen LogP contribution in [0.25, 0.3) is 21.6 Å². The Balaban J connectivity index is 1.47. The van der Waals surface area contributed by atoms with E-state index in [-0.39, 0.29) is 5.91 Å². The van der Waals surface area contributed by atoms with Crippen molar-refractivity contribution in [3.8, 4) is 10.7 Å². The first kappa shape index (κ1) is 17.4. The third kappa shape index (κ3) is 2.89. The molecule has 5 nitrogen and oxygen atoms in total. The maximum absolute atomic E-state index is 13.2. The number of carbonyl (C=O) groups is 1. The lowest BCUT2D eigenvalue weighted by atomic mass is 10.0. The second-order valence-corrected chi connectivity index (χ2v) is 8.33. The van der Waals surface area contributed by atoms with E-state index in [0.717, 1.165) is 39.3 Å². The van der Waals surface area contributed by atoms with Gasteiger partial charge in [-0.1, -0.05) is 17.7 Å². The van der Waals surface area contributed by atoms with Crippen molar-refractivity contribution in [2.45, 2.75) is 19.9 Å². The molecular weight excluding hydrogens is 392 g/mol. The summed E-state index contributed by atoms with van der Waals surface area (Å²) < 4.78 is 0. The number of carbonyl (C=O) groups excluding carboxylic acids is 1. The molecule has 4 aromatic rings. The number of H-pyrrole nitrogens is 1.